The highest BCUT2D eigenvalue weighted by molar-refractivity contribution is 5.94. The SMILES string of the molecule is CCN(Cc1nc2ccccc2c(=O)[nH]1)C(=O)c1ccncc1F. The van der Waals surface area contributed by atoms with E-state index in [1.165, 1.54) is 17.2 Å². The molecule has 122 valence electrons. The lowest BCUT2D eigenvalue weighted by Crippen LogP contribution is -2.32. The van der Waals surface area contributed by atoms with E-state index in [-0.39, 0.29) is 17.7 Å². The monoisotopic (exact) mass is 326 g/mol. The minimum absolute atomic E-state index is 0.0602. The van der Waals surface area contributed by atoms with Crippen LogP contribution in [0.3, 0.4) is 0 Å². The molecule has 0 aliphatic rings. The van der Waals surface area contributed by atoms with Gasteiger partial charge in [0.2, 0.25) is 0 Å². The fraction of sp³-hybridized carbons (Fsp3) is 0.176. The Morgan fingerprint density at radius 2 is 2.08 bits per heavy atom. The van der Waals surface area contributed by atoms with Crippen molar-refractivity contribution in [3.63, 3.8) is 0 Å². The molecule has 24 heavy (non-hydrogen) atoms. The predicted octanol–water partition coefficient (Wildman–Crippen LogP) is 2.12. The number of fused-ring (bicyclic) bond motifs is 1. The molecule has 1 N–H and O–H groups in total. The molecule has 0 radical (unpaired) electrons. The lowest BCUT2D eigenvalue weighted by Gasteiger charge is -2.20. The molecule has 0 unspecified atom stereocenters. The fourth-order valence-electron chi connectivity index (χ4n) is 2.44. The molecule has 0 atom stereocenters. The summed E-state index contributed by atoms with van der Waals surface area (Å²) in [5.41, 5.74) is 0.221. The van der Waals surface area contributed by atoms with Crippen LogP contribution in [0.5, 0.6) is 0 Å². The molecule has 1 amide bonds. The highest BCUT2D eigenvalue weighted by atomic mass is 19.1. The zero-order valence-corrected chi connectivity index (χ0v) is 13.0. The number of nitrogens with zero attached hydrogens (tertiary/aromatic N) is 3. The second-order valence-electron chi connectivity index (χ2n) is 5.20. The van der Waals surface area contributed by atoms with Crippen LogP contribution in [0.15, 0.2) is 47.5 Å². The third-order valence-electron chi connectivity index (χ3n) is 3.67. The van der Waals surface area contributed by atoms with Crippen LogP contribution in [-0.4, -0.2) is 32.3 Å². The van der Waals surface area contributed by atoms with Crippen LogP contribution in [-0.2, 0) is 6.54 Å². The average Bonchev–Trinajstić information content (AvgIpc) is 2.59. The van der Waals surface area contributed by atoms with Gasteiger partial charge in [0.1, 0.15) is 5.82 Å². The Hall–Kier alpha value is -3.09. The quantitative estimate of drug-likeness (QED) is 0.796. The molecule has 1 aromatic carbocycles. The number of carbonyl (C=O) groups excluding carboxylic acids is 1. The average molecular weight is 326 g/mol. The number of nitrogens with one attached hydrogen (secondary N) is 1. The maximum atomic E-state index is 13.8. The maximum Gasteiger partial charge on any atom is 0.258 e. The van der Waals surface area contributed by atoms with Crippen molar-refractivity contribution in [3.05, 3.63) is 70.3 Å². The van der Waals surface area contributed by atoms with Crippen molar-refractivity contribution in [1.29, 1.82) is 0 Å². The van der Waals surface area contributed by atoms with Crippen molar-refractivity contribution >= 4 is 16.8 Å². The van der Waals surface area contributed by atoms with Gasteiger partial charge in [-0.1, -0.05) is 12.1 Å². The van der Waals surface area contributed by atoms with Gasteiger partial charge in [0.15, 0.2) is 5.82 Å². The van der Waals surface area contributed by atoms with Crippen molar-refractivity contribution in [3.8, 4) is 0 Å². The van der Waals surface area contributed by atoms with Gasteiger partial charge in [0, 0.05) is 12.7 Å². The number of para-hydroxylation sites is 1. The van der Waals surface area contributed by atoms with E-state index in [9.17, 15) is 14.0 Å². The van der Waals surface area contributed by atoms with Crippen LogP contribution >= 0.6 is 0 Å². The summed E-state index contributed by atoms with van der Waals surface area (Å²) < 4.78 is 13.8. The summed E-state index contributed by atoms with van der Waals surface area (Å²) in [4.78, 5) is 36.7. The standard InChI is InChI=1S/C17H15FN4O2/c1-2-22(17(24)11-7-8-19-9-13(11)18)10-15-20-14-6-4-3-5-12(14)16(23)21-15/h3-9H,2,10H2,1H3,(H,20,21,23). The number of carbonyl (C=O) groups is 1. The van der Waals surface area contributed by atoms with Gasteiger partial charge >= 0.3 is 0 Å². The van der Waals surface area contributed by atoms with Crippen LogP contribution in [0, 0.1) is 5.82 Å². The summed E-state index contributed by atoms with van der Waals surface area (Å²) >= 11 is 0. The molecule has 0 saturated carbocycles. The van der Waals surface area contributed by atoms with E-state index in [0.29, 0.717) is 23.3 Å². The van der Waals surface area contributed by atoms with E-state index < -0.39 is 11.7 Å². The molecule has 2 heterocycles. The highest BCUT2D eigenvalue weighted by Crippen LogP contribution is 2.12. The van der Waals surface area contributed by atoms with Crippen LogP contribution < -0.4 is 5.56 Å². The zero-order chi connectivity index (χ0) is 17.1. The second-order valence-corrected chi connectivity index (χ2v) is 5.20. The van der Waals surface area contributed by atoms with Crippen molar-refractivity contribution in [2.75, 3.05) is 6.54 Å². The normalized spacial score (nSPS) is 10.8. The number of amides is 1. The molecule has 3 rings (SSSR count). The van der Waals surface area contributed by atoms with Crippen LogP contribution in [0.1, 0.15) is 23.1 Å². The molecule has 6 nitrogen and oxygen atoms in total. The molecule has 7 heteroatoms. The first-order valence-corrected chi connectivity index (χ1v) is 7.47. The Bertz CT molecular complexity index is 954. The Labute approximate surface area is 137 Å². The number of aromatic nitrogens is 3. The molecular formula is C17H15FN4O2. The number of H-pyrrole nitrogens is 1. The summed E-state index contributed by atoms with van der Waals surface area (Å²) in [5.74, 6) is -0.808. The molecule has 0 aliphatic heterocycles. The molecule has 0 bridgehead atoms. The summed E-state index contributed by atoms with van der Waals surface area (Å²) in [6, 6.07) is 8.28. The van der Waals surface area contributed by atoms with E-state index in [1.54, 1.807) is 31.2 Å². The summed E-state index contributed by atoms with van der Waals surface area (Å²) in [6.07, 6.45) is 2.36. The first kappa shape index (κ1) is 15.8. The molecule has 0 spiro atoms. The Balaban J connectivity index is 1.92. The van der Waals surface area contributed by atoms with Gasteiger partial charge in [-0.25, -0.2) is 9.37 Å². The molecule has 0 aliphatic carbocycles. The molecule has 0 saturated heterocycles. The number of benzene rings is 1. The number of rotatable bonds is 4. The van der Waals surface area contributed by atoms with Gasteiger partial charge in [-0.15, -0.1) is 0 Å². The number of halogens is 1. The van der Waals surface area contributed by atoms with E-state index in [4.69, 9.17) is 0 Å². The molecule has 2 aromatic heterocycles. The maximum absolute atomic E-state index is 13.8. The smallest absolute Gasteiger partial charge is 0.258 e. The Kier molecular flexibility index (Phi) is 4.33. The number of pyridine rings is 1. The summed E-state index contributed by atoms with van der Waals surface area (Å²) in [7, 11) is 0. The number of hydrogen-bond donors (Lipinski definition) is 1. The molecule has 3 aromatic rings. The van der Waals surface area contributed by atoms with E-state index in [2.05, 4.69) is 15.0 Å². The minimum Gasteiger partial charge on any atom is -0.331 e. The minimum atomic E-state index is -0.680. The first-order valence-electron chi connectivity index (χ1n) is 7.47. The lowest BCUT2D eigenvalue weighted by molar-refractivity contribution is 0.0743. The van der Waals surface area contributed by atoms with E-state index in [1.807, 2.05) is 0 Å². The summed E-state index contributed by atoms with van der Waals surface area (Å²) in [5, 5.41) is 0.482. The third-order valence-corrected chi connectivity index (χ3v) is 3.67. The molecule has 0 fully saturated rings. The first-order chi connectivity index (χ1) is 11.6. The topological polar surface area (TPSA) is 79.0 Å². The largest absolute Gasteiger partial charge is 0.331 e. The second kappa shape index (κ2) is 6.57. The number of hydrogen-bond acceptors (Lipinski definition) is 4. The zero-order valence-electron chi connectivity index (χ0n) is 13.0. The fourth-order valence-corrected chi connectivity index (χ4v) is 2.44. The van der Waals surface area contributed by atoms with Crippen LogP contribution in [0.25, 0.3) is 10.9 Å². The third kappa shape index (κ3) is 3.01. The van der Waals surface area contributed by atoms with Crippen molar-refractivity contribution in [1.82, 2.24) is 19.9 Å². The van der Waals surface area contributed by atoms with Gasteiger partial charge < -0.3 is 9.88 Å². The van der Waals surface area contributed by atoms with E-state index >= 15 is 0 Å². The highest BCUT2D eigenvalue weighted by Gasteiger charge is 2.19. The molecular weight excluding hydrogens is 311 g/mol. The lowest BCUT2D eigenvalue weighted by atomic mass is 10.2. The Morgan fingerprint density at radius 1 is 1.29 bits per heavy atom. The van der Waals surface area contributed by atoms with E-state index in [0.717, 1.165) is 6.20 Å². The number of aromatic amines is 1. The van der Waals surface area contributed by atoms with Gasteiger partial charge in [-0.2, -0.15) is 0 Å². The van der Waals surface area contributed by atoms with Crippen molar-refractivity contribution in [2.45, 2.75) is 13.5 Å². The van der Waals surface area contributed by atoms with Crippen LogP contribution in [0.2, 0.25) is 0 Å². The van der Waals surface area contributed by atoms with Crippen molar-refractivity contribution in [2.24, 2.45) is 0 Å². The van der Waals surface area contributed by atoms with Gasteiger partial charge in [-0.05, 0) is 25.1 Å². The van der Waals surface area contributed by atoms with Gasteiger partial charge in [0.05, 0.1) is 29.2 Å². The summed E-state index contributed by atoms with van der Waals surface area (Å²) in [6.45, 7) is 2.20. The van der Waals surface area contributed by atoms with Gasteiger partial charge in [-0.3, -0.25) is 14.6 Å². The Morgan fingerprint density at radius 3 is 2.83 bits per heavy atom. The van der Waals surface area contributed by atoms with Crippen LogP contribution in [0.4, 0.5) is 4.39 Å². The van der Waals surface area contributed by atoms with Crippen molar-refractivity contribution < 1.29 is 9.18 Å². The van der Waals surface area contributed by atoms with Gasteiger partial charge in [0.25, 0.3) is 11.5 Å². The predicted molar refractivity (Wildman–Crippen MR) is 87.0 cm³/mol.